The fourth-order valence-electron chi connectivity index (χ4n) is 5.50. The molecule has 2 unspecified atom stereocenters. The minimum absolute atomic E-state index is 0.0434. The van der Waals surface area contributed by atoms with Crippen molar-refractivity contribution in [2.24, 2.45) is 5.11 Å². The minimum atomic E-state index is -1.21. The molecule has 0 spiro atoms. The molecule has 45 heavy (non-hydrogen) atoms. The number of hydrogen-bond acceptors (Lipinski definition) is 9. The van der Waals surface area contributed by atoms with E-state index < -0.39 is 29.7 Å². The third kappa shape index (κ3) is 9.42. The summed E-state index contributed by atoms with van der Waals surface area (Å²) >= 11 is 0. The van der Waals surface area contributed by atoms with Gasteiger partial charge in [-0.3, -0.25) is 19.7 Å². The number of nitrogens with zero attached hydrogens (tertiary/aromatic N) is 6. The normalized spacial score (nSPS) is 19.6. The maximum absolute atomic E-state index is 13.1. The van der Waals surface area contributed by atoms with E-state index in [-0.39, 0.29) is 56.9 Å². The molecule has 242 valence electrons. The molecule has 4 rings (SSSR count). The summed E-state index contributed by atoms with van der Waals surface area (Å²) in [6.45, 7) is 8.58. The number of rotatable bonds is 10. The smallest absolute Gasteiger partial charge is 0.410 e. The lowest BCUT2D eigenvalue weighted by Gasteiger charge is -2.30. The van der Waals surface area contributed by atoms with Gasteiger partial charge in [0.25, 0.3) is 5.91 Å². The molecule has 3 heterocycles. The average molecular weight is 624 g/mol. The van der Waals surface area contributed by atoms with Gasteiger partial charge < -0.3 is 29.3 Å². The molecule has 14 heteroatoms. The maximum atomic E-state index is 13.1. The lowest BCUT2D eigenvalue weighted by molar-refractivity contribution is -0.136. The third-order valence-electron chi connectivity index (χ3n) is 7.83. The van der Waals surface area contributed by atoms with Gasteiger partial charge in [0.05, 0.1) is 19.8 Å². The molecule has 1 aromatic rings. The summed E-state index contributed by atoms with van der Waals surface area (Å²) in [5.41, 5.74) is 9.47. The molecule has 14 nitrogen and oxygen atoms in total. The number of hydrogen-bond donors (Lipinski definition) is 2. The van der Waals surface area contributed by atoms with Crippen LogP contribution in [0.3, 0.4) is 0 Å². The first-order valence-electron chi connectivity index (χ1n) is 15.2. The number of amides is 4. The molecule has 3 aliphatic heterocycles. The number of nitrogens with one attached hydrogen (secondary N) is 1. The van der Waals surface area contributed by atoms with Gasteiger partial charge in [-0.15, -0.1) is 0 Å². The highest BCUT2D eigenvalue weighted by Crippen LogP contribution is 2.29. The summed E-state index contributed by atoms with van der Waals surface area (Å²) in [6, 6.07) is 4.39. The topological polar surface area (TPSA) is 177 Å². The quantitative estimate of drug-likeness (QED) is 0.0995. The second-order valence-corrected chi connectivity index (χ2v) is 12.3. The van der Waals surface area contributed by atoms with Crippen LogP contribution in [0.5, 0.6) is 0 Å². The Morgan fingerprint density at radius 3 is 2.67 bits per heavy atom. The molecule has 2 atom stereocenters. The number of azide groups is 1. The summed E-state index contributed by atoms with van der Waals surface area (Å²) < 4.78 is 11.3. The van der Waals surface area contributed by atoms with Gasteiger partial charge in [-0.25, -0.2) is 4.79 Å². The Labute approximate surface area is 262 Å². The van der Waals surface area contributed by atoms with E-state index >= 15 is 0 Å². The van der Waals surface area contributed by atoms with Crippen LogP contribution in [0.4, 0.5) is 4.79 Å². The van der Waals surface area contributed by atoms with Crippen molar-refractivity contribution in [2.45, 2.75) is 76.8 Å². The van der Waals surface area contributed by atoms with Crippen LogP contribution < -0.4 is 5.32 Å². The van der Waals surface area contributed by atoms with Crippen molar-refractivity contribution in [1.29, 1.82) is 0 Å². The Bertz CT molecular complexity index is 1380. The molecular formula is C31H41N7O7. The maximum Gasteiger partial charge on any atom is 0.410 e. The van der Waals surface area contributed by atoms with Crippen LogP contribution in [0.15, 0.2) is 23.3 Å². The standard InChI is InChI=1S/C31H41N7O7/c1-31(2,3)45-30(43)37(16-18-44-17-15-36-13-11-22(12-14-36)34-35-32)19-23(39)8-7-21-5-4-6-24-25(21)20-38(29(24)42)26-9-10-27(40)33-28(26)41/h4-6,22-23,26,39H,9-20H2,1-3H3,(H,33,40,41). The predicted octanol–water partition coefficient (Wildman–Crippen LogP) is 2.19. The van der Waals surface area contributed by atoms with E-state index in [0.29, 0.717) is 29.8 Å². The Kier molecular flexibility index (Phi) is 11.4. The summed E-state index contributed by atoms with van der Waals surface area (Å²) in [4.78, 5) is 57.9. The molecule has 3 aliphatic rings. The van der Waals surface area contributed by atoms with Gasteiger partial charge >= 0.3 is 6.09 Å². The highest BCUT2D eigenvalue weighted by molar-refractivity contribution is 6.05. The van der Waals surface area contributed by atoms with Gasteiger partial charge in [0.1, 0.15) is 17.7 Å². The van der Waals surface area contributed by atoms with Crippen LogP contribution in [0.1, 0.15) is 67.9 Å². The Hall–Kier alpha value is -4.15. The van der Waals surface area contributed by atoms with Crippen LogP contribution in [-0.4, -0.2) is 113 Å². The fraction of sp³-hybridized carbons (Fsp3) is 0.613. The molecule has 2 N–H and O–H groups in total. The molecule has 1 aromatic carbocycles. The van der Waals surface area contributed by atoms with Gasteiger partial charge in [0.2, 0.25) is 11.8 Å². The van der Waals surface area contributed by atoms with Crippen LogP contribution in [0.25, 0.3) is 10.4 Å². The van der Waals surface area contributed by atoms with E-state index in [1.807, 2.05) is 0 Å². The van der Waals surface area contributed by atoms with Crippen molar-refractivity contribution < 1.29 is 33.8 Å². The molecule has 0 aliphatic carbocycles. The Morgan fingerprint density at radius 2 is 1.98 bits per heavy atom. The number of aliphatic hydroxyl groups is 1. The van der Waals surface area contributed by atoms with E-state index in [1.54, 1.807) is 39.0 Å². The van der Waals surface area contributed by atoms with E-state index in [2.05, 4.69) is 32.1 Å². The highest BCUT2D eigenvalue weighted by atomic mass is 16.6. The molecule has 0 aromatic heterocycles. The number of carbonyl (C=O) groups excluding carboxylic acids is 4. The van der Waals surface area contributed by atoms with Crippen molar-refractivity contribution in [3.05, 3.63) is 45.3 Å². The molecule has 0 radical (unpaired) electrons. The van der Waals surface area contributed by atoms with Crippen molar-refractivity contribution >= 4 is 23.8 Å². The third-order valence-corrected chi connectivity index (χ3v) is 7.83. The van der Waals surface area contributed by atoms with Gasteiger partial charge in [0, 0.05) is 48.1 Å². The zero-order valence-corrected chi connectivity index (χ0v) is 26.0. The number of aliphatic hydroxyl groups excluding tert-OH is 1. The fourth-order valence-corrected chi connectivity index (χ4v) is 5.50. The van der Waals surface area contributed by atoms with E-state index in [0.717, 1.165) is 25.9 Å². The minimum Gasteiger partial charge on any atom is -0.444 e. The number of likely N-dealkylation sites (tertiary alicyclic amines) is 1. The number of benzene rings is 1. The average Bonchev–Trinajstić information content (AvgIpc) is 3.31. The van der Waals surface area contributed by atoms with Gasteiger partial charge in [-0.05, 0) is 76.4 Å². The molecule has 2 saturated heterocycles. The second kappa shape index (κ2) is 15.2. The molecule has 4 amide bonds. The molecular weight excluding hydrogens is 582 g/mol. The SMILES string of the molecule is CC(C)(C)OC(=O)N(CCOCCN1CCC(N=[N+]=[N-])CC1)CC(O)C#Cc1cccc2c1CN(C1CCC(=O)NC1=O)C2=O. The molecule has 0 bridgehead atoms. The zero-order chi connectivity index (χ0) is 32.6. The first-order chi connectivity index (χ1) is 21.4. The number of fused-ring (bicyclic) bond motifs is 1. The largest absolute Gasteiger partial charge is 0.444 e. The van der Waals surface area contributed by atoms with Crippen molar-refractivity contribution in [3.8, 4) is 11.8 Å². The number of ether oxygens (including phenoxy) is 2. The molecule has 0 saturated carbocycles. The van der Waals surface area contributed by atoms with Crippen LogP contribution in [0.2, 0.25) is 0 Å². The van der Waals surface area contributed by atoms with Gasteiger partial charge in [0.15, 0.2) is 0 Å². The van der Waals surface area contributed by atoms with E-state index in [9.17, 15) is 24.3 Å². The zero-order valence-electron chi connectivity index (χ0n) is 26.0. The lowest BCUT2D eigenvalue weighted by Crippen LogP contribution is -2.52. The van der Waals surface area contributed by atoms with Gasteiger partial charge in [-0.2, -0.15) is 0 Å². The first-order valence-corrected chi connectivity index (χ1v) is 15.2. The van der Waals surface area contributed by atoms with Crippen LogP contribution >= 0.6 is 0 Å². The Balaban J connectivity index is 1.34. The predicted molar refractivity (Wildman–Crippen MR) is 163 cm³/mol. The van der Waals surface area contributed by atoms with Crippen molar-refractivity contribution in [2.75, 3.05) is 45.9 Å². The van der Waals surface area contributed by atoms with Gasteiger partial charge in [-0.1, -0.05) is 23.0 Å². The van der Waals surface area contributed by atoms with E-state index in [1.165, 1.54) is 9.80 Å². The van der Waals surface area contributed by atoms with E-state index in [4.69, 9.17) is 15.0 Å². The summed E-state index contributed by atoms with van der Waals surface area (Å²) in [5, 5.41) is 16.9. The summed E-state index contributed by atoms with van der Waals surface area (Å²) in [6.07, 6.45) is 0.233. The van der Waals surface area contributed by atoms with Crippen molar-refractivity contribution in [1.82, 2.24) is 20.0 Å². The van der Waals surface area contributed by atoms with Crippen molar-refractivity contribution in [3.63, 3.8) is 0 Å². The monoisotopic (exact) mass is 623 g/mol. The number of imide groups is 1. The summed E-state index contributed by atoms with van der Waals surface area (Å²) in [5.74, 6) is 4.58. The second-order valence-electron chi connectivity index (χ2n) is 12.3. The number of piperidine rings is 2. The van der Waals surface area contributed by atoms with Crippen LogP contribution in [0, 0.1) is 11.8 Å². The first kappa shape index (κ1) is 33.7. The van der Waals surface area contributed by atoms with Crippen LogP contribution in [-0.2, 0) is 25.6 Å². The number of carbonyl (C=O) groups is 4. The molecule has 2 fully saturated rings. The Morgan fingerprint density at radius 1 is 1.22 bits per heavy atom. The summed E-state index contributed by atoms with van der Waals surface area (Å²) in [7, 11) is 0. The lowest BCUT2D eigenvalue weighted by atomic mass is 10.0. The highest BCUT2D eigenvalue weighted by Gasteiger charge is 2.39.